The van der Waals surface area contributed by atoms with E-state index in [1.54, 1.807) is 46.4 Å². The molecule has 1 heterocycles. The molecule has 0 unspecified atom stereocenters. The summed E-state index contributed by atoms with van der Waals surface area (Å²) in [6.45, 7) is 6.56. The largest absolute Gasteiger partial charge is 0.488 e. The first-order valence-electron chi connectivity index (χ1n) is 8.88. The maximum absolute atomic E-state index is 13.5. The molecular weight excluding hydrogens is 498 g/mol. The van der Waals surface area contributed by atoms with Crippen LogP contribution in [0.1, 0.15) is 31.9 Å². The van der Waals surface area contributed by atoms with Crippen LogP contribution in [-0.4, -0.2) is 34.7 Å². The predicted molar refractivity (Wildman–Crippen MR) is 118 cm³/mol. The van der Waals surface area contributed by atoms with E-state index in [9.17, 15) is 13.2 Å². The van der Waals surface area contributed by atoms with E-state index in [0.29, 0.717) is 19.0 Å². The molecule has 162 valence electrons. The minimum Gasteiger partial charge on any atom is -0.488 e. The van der Waals surface area contributed by atoms with Crippen LogP contribution >= 0.6 is 24.0 Å². The average Bonchev–Trinajstić information content (AvgIpc) is 3.10. The summed E-state index contributed by atoms with van der Waals surface area (Å²) < 4.78 is 47.9. The van der Waals surface area contributed by atoms with Crippen LogP contribution < -0.4 is 15.4 Å². The van der Waals surface area contributed by atoms with Gasteiger partial charge < -0.3 is 19.9 Å². The highest BCUT2D eigenvalue weighted by atomic mass is 127. The number of hydrogen-bond donors (Lipinski definition) is 2. The molecule has 0 spiro atoms. The fourth-order valence-corrected chi connectivity index (χ4v) is 2.51. The molecule has 29 heavy (non-hydrogen) atoms. The quantitative estimate of drug-likeness (QED) is 0.340. The van der Waals surface area contributed by atoms with Crippen molar-refractivity contribution in [3.63, 3.8) is 0 Å². The molecule has 0 fully saturated rings. The monoisotopic (exact) mass is 525 g/mol. The number of benzene rings is 1. The van der Waals surface area contributed by atoms with Gasteiger partial charge in [0, 0.05) is 39.1 Å². The Bertz CT molecular complexity index is 786. The van der Waals surface area contributed by atoms with Gasteiger partial charge in [-0.05, 0) is 38.5 Å². The minimum atomic E-state index is -4.48. The number of aromatic nitrogens is 2. The number of halogens is 4. The molecular formula is C19H27F3IN5O. The van der Waals surface area contributed by atoms with Crippen LogP contribution in [0.4, 0.5) is 13.2 Å². The summed E-state index contributed by atoms with van der Waals surface area (Å²) in [6, 6.07) is 4.01. The zero-order chi connectivity index (χ0) is 20.8. The Labute approximate surface area is 186 Å². The molecule has 0 atom stereocenters. The molecule has 0 aliphatic heterocycles. The average molecular weight is 525 g/mol. The van der Waals surface area contributed by atoms with E-state index in [1.807, 2.05) is 10.8 Å². The van der Waals surface area contributed by atoms with Gasteiger partial charge in [-0.3, -0.25) is 4.99 Å². The van der Waals surface area contributed by atoms with Crippen LogP contribution in [0.3, 0.4) is 0 Å². The van der Waals surface area contributed by atoms with Gasteiger partial charge in [0.2, 0.25) is 0 Å². The summed E-state index contributed by atoms with van der Waals surface area (Å²) in [5.74, 6) is 0.606. The Morgan fingerprint density at radius 3 is 2.48 bits per heavy atom. The van der Waals surface area contributed by atoms with Gasteiger partial charge in [-0.15, -0.1) is 24.0 Å². The predicted octanol–water partition coefficient (Wildman–Crippen LogP) is 4.06. The van der Waals surface area contributed by atoms with Crippen LogP contribution in [0.15, 0.2) is 41.9 Å². The fourth-order valence-electron chi connectivity index (χ4n) is 2.51. The van der Waals surface area contributed by atoms with Crippen molar-refractivity contribution >= 4 is 29.9 Å². The SMILES string of the molecule is CN=C(NCCn1ccnc1)NCc1ccc(OC(C)(C)C)cc1C(F)(F)F.I. The maximum Gasteiger partial charge on any atom is 0.416 e. The van der Waals surface area contributed by atoms with E-state index in [-0.39, 0.29) is 41.8 Å². The Hall–Kier alpha value is -1.98. The summed E-state index contributed by atoms with van der Waals surface area (Å²) in [7, 11) is 1.57. The van der Waals surface area contributed by atoms with Crippen LogP contribution in [0.25, 0.3) is 0 Å². The maximum atomic E-state index is 13.5. The third-order valence-corrected chi connectivity index (χ3v) is 3.70. The molecule has 0 amide bonds. The van der Waals surface area contributed by atoms with E-state index in [0.717, 1.165) is 6.07 Å². The first-order chi connectivity index (χ1) is 13.1. The lowest BCUT2D eigenvalue weighted by Gasteiger charge is -2.23. The molecule has 0 bridgehead atoms. The molecule has 0 radical (unpaired) electrons. The van der Waals surface area contributed by atoms with Crippen molar-refractivity contribution in [2.24, 2.45) is 4.99 Å². The highest BCUT2D eigenvalue weighted by Crippen LogP contribution is 2.35. The Morgan fingerprint density at radius 1 is 1.21 bits per heavy atom. The van der Waals surface area contributed by atoms with Crippen LogP contribution in [0.2, 0.25) is 0 Å². The van der Waals surface area contributed by atoms with Gasteiger partial charge in [-0.1, -0.05) is 6.07 Å². The third-order valence-electron chi connectivity index (χ3n) is 3.70. The second kappa shape index (κ2) is 10.7. The van der Waals surface area contributed by atoms with Crippen molar-refractivity contribution in [3.8, 4) is 5.75 Å². The molecule has 2 rings (SSSR count). The molecule has 0 aliphatic rings. The number of nitrogens with one attached hydrogen (secondary N) is 2. The lowest BCUT2D eigenvalue weighted by atomic mass is 10.1. The topological polar surface area (TPSA) is 63.5 Å². The minimum absolute atomic E-state index is 0. The number of guanidine groups is 1. The molecule has 0 saturated carbocycles. The lowest BCUT2D eigenvalue weighted by Crippen LogP contribution is -2.38. The zero-order valence-corrected chi connectivity index (χ0v) is 19.2. The number of rotatable bonds is 6. The summed E-state index contributed by atoms with van der Waals surface area (Å²) in [5, 5.41) is 5.98. The third kappa shape index (κ3) is 8.50. The summed E-state index contributed by atoms with van der Waals surface area (Å²) in [6.07, 6.45) is 0.717. The zero-order valence-electron chi connectivity index (χ0n) is 16.9. The van der Waals surface area contributed by atoms with Crippen LogP contribution in [0.5, 0.6) is 5.75 Å². The van der Waals surface area contributed by atoms with Gasteiger partial charge >= 0.3 is 6.18 Å². The van der Waals surface area contributed by atoms with Crippen LogP contribution in [0, 0.1) is 0 Å². The highest BCUT2D eigenvalue weighted by molar-refractivity contribution is 14.0. The number of aliphatic imine (C=N–C) groups is 1. The standard InChI is InChI=1S/C19H26F3N5O.HI/c1-18(2,3)28-15-6-5-14(16(11-15)19(20,21)22)12-26-17(23-4)25-8-10-27-9-7-24-13-27;/h5-7,9,11,13H,8,10,12H2,1-4H3,(H2,23,25,26);1H. The number of ether oxygens (including phenoxy) is 1. The fraction of sp³-hybridized carbons (Fsp3) is 0.474. The van der Waals surface area contributed by atoms with E-state index in [1.165, 1.54) is 6.07 Å². The Balaban J connectivity index is 0.00000420. The van der Waals surface area contributed by atoms with Gasteiger partial charge in [0.25, 0.3) is 0 Å². The van der Waals surface area contributed by atoms with E-state index < -0.39 is 17.3 Å². The molecule has 2 N–H and O–H groups in total. The van der Waals surface area contributed by atoms with Gasteiger partial charge in [0.1, 0.15) is 11.4 Å². The van der Waals surface area contributed by atoms with E-state index >= 15 is 0 Å². The summed E-state index contributed by atoms with van der Waals surface area (Å²) in [4.78, 5) is 7.99. The van der Waals surface area contributed by atoms with Crippen molar-refractivity contribution < 1.29 is 17.9 Å². The van der Waals surface area contributed by atoms with Crippen molar-refractivity contribution in [1.82, 2.24) is 20.2 Å². The Morgan fingerprint density at radius 2 is 1.93 bits per heavy atom. The van der Waals surface area contributed by atoms with E-state index in [4.69, 9.17) is 4.74 Å². The smallest absolute Gasteiger partial charge is 0.416 e. The molecule has 10 heteroatoms. The first-order valence-corrected chi connectivity index (χ1v) is 8.88. The van der Waals surface area contributed by atoms with Gasteiger partial charge in [-0.2, -0.15) is 13.2 Å². The molecule has 1 aromatic heterocycles. The van der Waals surface area contributed by atoms with Gasteiger partial charge in [-0.25, -0.2) is 4.98 Å². The normalized spacial score (nSPS) is 12.3. The highest BCUT2D eigenvalue weighted by Gasteiger charge is 2.34. The van der Waals surface area contributed by atoms with Crippen molar-refractivity contribution in [3.05, 3.63) is 48.0 Å². The summed E-state index contributed by atoms with van der Waals surface area (Å²) in [5.41, 5.74) is -1.19. The number of nitrogens with zero attached hydrogens (tertiary/aromatic N) is 3. The lowest BCUT2D eigenvalue weighted by molar-refractivity contribution is -0.138. The first kappa shape index (κ1) is 25.1. The van der Waals surface area contributed by atoms with Crippen molar-refractivity contribution in [2.45, 2.75) is 45.6 Å². The van der Waals surface area contributed by atoms with Gasteiger partial charge in [0.05, 0.1) is 11.9 Å². The second-order valence-electron chi connectivity index (χ2n) is 7.18. The molecule has 2 aromatic rings. The number of hydrogen-bond acceptors (Lipinski definition) is 3. The van der Waals surface area contributed by atoms with Crippen molar-refractivity contribution in [2.75, 3.05) is 13.6 Å². The molecule has 1 aromatic carbocycles. The van der Waals surface area contributed by atoms with Crippen LogP contribution in [-0.2, 0) is 19.3 Å². The molecule has 0 saturated heterocycles. The van der Waals surface area contributed by atoms with Gasteiger partial charge in [0.15, 0.2) is 5.96 Å². The number of alkyl halides is 3. The molecule has 6 nitrogen and oxygen atoms in total. The number of imidazole rings is 1. The summed E-state index contributed by atoms with van der Waals surface area (Å²) >= 11 is 0. The second-order valence-corrected chi connectivity index (χ2v) is 7.18. The van der Waals surface area contributed by atoms with E-state index in [2.05, 4.69) is 20.6 Å². The molecule has 0 aliphatic carbocycles. The Kier molecular flexibility index (Phi) is 9.24. The van der Waals surface area contributed by atoms with Crippen molar-refractivity contribution in [1.29, 1.82) is 0 Å².